The summed E-state index contributed by atoms with van der Waals surface area (Å²) in [7, 11) is 0. The minimum atomic E-state index is -1.55. The van der Waals surface area contributed by atoms with Crippen molar-refractivity contribution in [3.63, 3.8) is 0 Å². The predicted molar refractivity (Wildman–Crippen MR) is 159 cm³/mol. The van der Waals surface area contributed by atoms with E-state index in [0.29, 0.717) is 11.1 Å². The van der Waals surface area contributed by atoms with Crippen LogP contribution in [0.5, 0.6) is 0 Å². The van der Waals surface area contributed by atoms with Gasteiger partial charge in [0.25, 0.3) is 0 Å². The number of hydroxylamine groups is 1. The molecule has 0 aromatic heterocycles. The molecule has 2 heterocycles. The van der Waals surface area contributed by atoms with E-state index in [1.54, 1.807) is 26.0 Å². The van der Waals surface area contributed by atoms with Crippen molar-refractivity contribution in [1.29, 1.82) is 0 Å². The Kier molecular flexibility index (Phi) is 9.85. The van der Waals surface area contributed by atoms with Crippen LogP contribution in [0.2, 0.25) is 0 Å². The lowest BCUT2D eigenvalue weighted by Crippen LogP contribution is -2.57. The Morgan fingerprint density at radius 2 is 1.83 bits per heavy atom. The van der Waals surface area contributed by atoms with E-state index in [4.69, 9.17) is 14.3 Å². The second-order valence-electron chi connectivity index (χ2n) is 12.9. The van der Waals surface area contributed by atoms with Crippen molar-refractivity contribution >= 4 is 30.0 Å². The molecule has 3 amide bonds. The summed E-state index contributed by atoms with van der Waals surface area (Å²) >= 11 is 0. The summed E-state index contributed by atoms with van der Waals surface area (Å²) in [6.45, 7) is 7.05. The summed E-state index contributed by atoms with van der Waals surface area (Å²) in [5, 5.41) is 12.4. The fraction of sp³-hybridized carbons (Fsp3) is 0.594. The largest absolute Gasteiger partial charge is 0.528 e. The molecule has 46 heavy (non-hydrogen) atoms. The Hall–Kier alpha value is -4.20. The van der Waals surface area contributed by atoms with Crippen molar-refractivity contribution in [2.24, 2.45) is 11.8 Å². The molecule has 1 saturated heterocycles. The number of amides is 3. The third-order valence-electron chi connectivity index (χ3n) is 9.34. The molecule has 0 bridgehead atoms. The molecule has 2 unspecified atom stereocenters. The van der Waals surface area contributed by atoms with Crippen LogP contribution >= 0.6 is 0 Å². The molecule has 2 saturated carbocycles. The summed E-state index contributed by atoms with van der Waals surface area (Å²) in [4.78, 5) is 72.8. The van der Waals surface area contributed by atoms with Crippen molar-refractivity contribution in [3.05, 3.63) is 47.8 Å². The number of carbonyl (C=O) groups is 5. The van der Waals surface area contributed by atoms with Gasteiger partial charge < -0.3 is 29.6 Å². The minimum Gasteiger partial charge on any atom is -0.479 e. The second kappa shape index (κ2) is 13.7. The van der Waals surface area contributed by atoms with Gasteiger partial charge in [-0.15, -0.1) is 12.1 Å². The quantitative estimate of drug-likeness (QED) is 0.195. The number of nitrogens with zero attached hydrogens (tertiary/aromatic N) is 2. The van der Waals surface area contributed by atoms with E-state index in [1.165, 1.54) is 21.9 Å². The number of nitrogens with one attached hydrogen (secondary N) is 2. The summed E-state index contributed by atoms with van der Waals surface area (Å²) in [6.07, 6.45) is 3.02. The van der Waals surface area contributed by atoms with Gasteiger partial charge in [0.15, 0.2) is 0 Å². The Balaban J connectivity index is 1.28. The van der Waals surface area contributed by atoms with Crippen molar-refractivity contribution in [1.82, 2.24) is 20.6 Å². The van der Waals surface area contributed by atoms with Gasteiger partial charge in [-0.25, -0.2) is 18.8 Å². The number of carbonyl (C=O) groups excluding carboxylic acids is 4. The highest BCUT2D eigenvalue weighted by molar-refractivity contribution is 5.95. The maximum absolute atomic E-state index is 14.3. The van der Waals surface area contributed by atoms with Crippen LogP contribution in [0.1, 0.15) is 69.9 Å². The number of carboxylic acids is 1. The van der Waals surface area contributed by atoms with Crippen LogP contribution in [-0.2, 0) is 41.8 Å². The van der Waals surface area contributed by atoms with Crippen LogP contribution < -0.4 is 10.8 Å². The van der Waals surface area contributed by atoms with E-state index in [0.717, 1.165) is 32.1 Å². The fourth-order valence-electron chi connectivity index (χ4n) is 6.53. The van der Waals surface area contributed by atoms with Crippen molar-refractivity contribution in [2.75, 3.05) is 6.54 Å². The number of ether oxygens (including phenoxy) is 2. The molecule has 3 fully saturated rings. The molecule has 2 aliphatic heterocycles. The Labute approximate surface area is 266 Å². The van der Waals surface area contributed by atoms with Crippen molar-refractivity contribution < 1.29 is 47.8 Å². The lowest BCUT2D eigenvalue weighted by molar-refractivity contribution is -0.147. The molecule has 1 aromatic carbocycles. The third kappa shape index (κ3) is 6.96. The maximum Gasteiger partial charge on any atom is 0.528 e. The van der Waals surface area contributed by atoms with Crippen molar-refractivity contribution in [2.45, 2.75) is 102 Å². The van der Waals surface area contributed by atoms with E-state index >= 15 is 0 Å². The van der Waals surface area contributed by atoms with E-state index in [9.17, 15) is 33.5 Å². The number of halogens is 1. The molecule has 5 atom stereocenters. The van der Waals surface area contributed by atoms with Gasteiger partial charge in [-0.05, 0) is 49.7 Å². The first-order valence-corrected chi connectivity index (χ1v) is 15.8. The number of carboxylic acid groups (broad SMARTS) is 1. The van der Waals surface area contributed by atoms with Gasteiger partial charge in [0.05, 0.1) is 13.1 Å². The van der Waals surface area contributed by atoms with Gasteiger partial charge in [-0.1, -0.05) is 38.5 Å². The first-order chi connectivity index (χ1) is 21.9. The Bertz CT molecular complexity index is 1380. The van der Waals surface area contributed by atoms with E-state index in [1.807, 2.05) is 0 Å². The van der Waals surface area contributed by atoms with Crippen LogP contribution in [0.15, 0.2) is 30.9 Å². The second-order valence-corrected chi connectivity index (χ2v) is 12.9. The van der Waals surface area contributed by atoms with Gasteiger partial charge in [-0.3, -0.25) is 14.5 Å². The molecule has 13 nitrogen and oxygen atoms in total. The summed E-state index contributed by atoms with van der Waals surface area (Å²) < 4.78 is 25.4. The van der Waals surface area contributed by atoms with E-state index in [-0.39, 0.29) is 38.6 Å². The van der Waals surface area contributed by atoms with Gasteiger partial charge in [0.2, 0.25) is 11.8 Å². The van der Waals surface area contributed by atoms with Gasteiger partial charge >= 0.3 is 18.2 Å². The normalized spacial score (nSPS) is 26.2. The van der Waals surface area contributed by atoms with Gasteiger partial charge in [0, 0.05) is 24.4 Å². The van der Waals surface area contributed by atoms with E-state index < -0.39 is 71.4 Å². The Morgan fingerprint density at radius 3 is 2.46 bits per heavy atom. The molecule has 0 radical (unpaired) electrons. The number of likely N-dealkylation sites (tertiary alicyclic amines) is 1. The van der Waals surface area contributed by atoms with Crippen LogP contribution in [0.3, 0.4) is 0 Å². The zero-order chi connectivity index (χ0) is 33.2. The van der Waals surface area contributed by atoms with Gasteiger partial charge in [0.1, 0.15) is 35.6 Å². The van der Waals surface area contributed by atoms with Crippen LogP contribution in [0.4, 0.5) is 14.0 Å². The monoisotopic (exact) mass is 644 g/mol. The maximum atomic E-state index is 14.3. The van der Waals surface area contributed by atoms with Gasteiger partial charge in [-0.2, -0.15) is 0 Å². The molecule has 14 heteroatoms. The molecule has 1 aromatic rings. The molecule has 250 valence electrons. The van der Waals surface area contributed by atoms with Crippen molar-refractivity contribution in [3.8, 4) is 0 Å². The average Bonchev–Trinajstić information content (AvgIpc) is 3.32. The molecular weight excluding hydrogens is 603 g/mol. The molecule has 3 N–H and O–H groups in total. The molecule has 2 aliphatic carbocycles. The molecule has 0 spiro atoms. The number of fused-ring (bicyclic) bond motifs is 1. The fourth-order valence-corrected chi connectivity index (χ4v) is 6.53. The zero-order valence-corrected chi connectivity index (χ0v) is 26.0. The summed E-state index contributed by atoms with van der Waals surface area (Å²) in [5.74, 6) is -3.90. The zero-order valence-electron chi connectivity index (χ0n) is 26.0. The van der Waals surface area contributed by atoms with Crippen LogP contribution in [-0.4, -0.2) is 81.3 Å². The topological polar surface area (TPSA) is 164 Å². The number of rotatable bonds is 10. The lowest BCUT2D eigenvalue weighted by Gasteiger charge is -2.30. The van der Waals surface area contributed by atoms with Crippen LogP contribution in [0, 0.1) is 17.7 Å². The molecule has 4 aliphatic rings. The molecular formula is C32H41FN4O9. The van der Waals surface area contributed by atoms with E-state index in [2.05, 4.69) is 17.4 Å². The summed E-state index contributed by atoms with van der Waals surface area (Å²) in [6, 6.07) is 2.30. The average molecular weight is 645 g/mol. The Morgan fingerprint density at radius 1 is 1.09 bits per heavy atom. The number of aliphatic carboxylic acids is 1. The first-order valence-electron chi connectivity index (χ1n) is 15.8. The highest BCUT2D eigenvalue weighted by Gasteiger charge is 2.61. The number of benzene rings is 1. The molecule has 5 rings (SSSR count). The number of hydrogen-bond donors (Lipinski definition) is 3. The standard InChI is InChI=1S/C32H41FN4O9/c1-4-20-14-32(20,29(40)41)34-27(38)25-13-22(44-30(42)36-15-19-9-8-12-24(33)23(19)17-36)16-37(25)28(39)26(18(2)3)35-46-31(43)45-21-10-6-5-7-11-21/h4,8-9,12,18,20-22,25-26,35H,1,5-7,10-11,13-17H2,2-3H3,(H,34,38)(H,40,41)/t20-,22-,25+,26?,32?/m1/s1. The van der Waals surface area contributed by atoms with Crippen LogP contribution in [0.25, 0.3) is 0 Å². The lowest BCUT2D eigenvalue weighted by atomic mass is 9.98. The SMILES string of the molecule is C=C[C@@H]1CC1(NC(=O)[C@@H]1C[C@@H](OC(=O)N2Cc3cccc(F)c3C2)CN1C(=O)C(NOC(=O)OC1CCCCC1)C(C)C)C(=O)O. The summed E-state index contributed by atoms with van der Waals surface area (Å²) in [5.41, 5.74) is 2.01. The smallest absolute Gasteiger partial charge is 0.479 e. The first kappa shape index (κ1) is 33.2. The highest BCUT2D eigenvalue weighted by atomic mass is 19.1. The minimum absolute atomic E-state index is 0.0117. The third-order valence-corrected chi connectivity index (χ3v) is 9.34. The number of hydrogen-bond acceptors (Lipinski definition) is 9. The highest BCUT2D eigenvalue weighted by Crippen LogP contribution is 2.45. The predicted octanol–water partition coefficient (Wildman–Crippen LogP) is 3.41.